The molecule has 0 N–H and O–H groups in total. The van der Waals surface area contributed by atoms with Gasteiger partial charge in [0.25, 0.3) is 0 Å². The van der Waals surface area contributed by atoms with Crippen LogP contribution >= 0.6 is 0 Å². The van der Waals surface area contributed by atoms with E-state index >= 15 is 0 Å². The highest BCUT2D eigenvalue weighted by Crippen LogP contribution is 2.29. The Kier molecular flexibility index (Phi) is 7.66. The minimum Gasteiger partial charge on any atom is -0.429 e. The van der Waals surface area contributed by atoms with Crippen LogP contribution in [-0.2, 0) is 19.1 Å². The normalized spacial score (nSPS) is 19.2. The summed E-state index contributed by atoms with van der Waals surface area (Å²) in [5.41, 5.74) is 2.42. The topological polar surface area (TPSA) is 95.8 Å². The lowest BCUT2D eigenvalue weighted by atomic mass is 9.88. The third kappa shape index (κ3) is 7.08. The molecule has 0 aliphatic heterocycles. The number of carbonyl (C=O) groups excluding carboxylic acids is 2. The van der Waals surface area contributed by atoms with Crippen molar-refractivity contribution in [1.82, 2.24) is 0 Å². The fraction of sp³-hybridized carbons (Fsp3) is 0.529. The number of rotatable bonds is 4. The van der Waals surface area contributed by atoms with Gasteiger partial charge in [-0.15, -0.1) is 6.42 Å². The first kappa shape index (κ1) is 20.2. The minimum atomic E-state index is -0.962. The van der Waals surface area contributed by atoms with Crippen LogP contribution in [0.4, 0.5) is 9.59 Å². The quantitative estimate of drug-likeness (QED) is 0.253. The fourth-order valence-corrected chi connectivity index (χ4v) is 2.03. The van der Waals surface area contributed by atoms with Gasteiger partial charge in [0, 0.05) is 18.4 Å². The van der Waals surface area contributed by atoms with Crippen LogP contribution in [-0.4, -0.2) is 35.9 Å². The monoisotopic (exact) mass is 350 g/mol. The predicted octanol–water partition coefficient (Wildman–Crippen LogP) is 3.57. The van der Waals surface area contributed by atoms with Crippen molar-refractivity contribution in [2.75, 3.05) is 0 Å². The Labute approximate surface area is 146 Å². The molecule has 1 rings (SSSR count). The molecule has 0 aromatic rings. The molecular formula is C17H22N2O6. The molecule has 0 fully saturated rings. The third-order valence-electron chi connectivity index (χ3n) is 3.15. The summed E-state index contributed by atoms with van der Waals surface area (Å²) in [6.07, 6.45) is 2.83. The molecule has 0 aromatic carbocycles. The zero-order valence-electron chi connectivity index (χ0n) is 15.0. The Morgan fingerprint density at radius 1 is 1.04 bits per heavy atom. The molecule has 0 aromatic heterocycles. The molecule has 2 atom stereocenters. The predicted molar refractivity (Wildman–Crippen MR) is 91.0 cm³/mol. The van der Waals surface area contributed by atoms with Crippen LogP contribution < -0.4 is 0 Å². The lowest BCUT2D eigenvalue weighted by molar-refractivity contribution is -0.0112. The highest BCUT2D eigenvalue weighted by Gasteiger charge is 2.32. The van der Waals surface area contributed by atoms with E-state index in [4.69, 9.17) is 15.9 Å². The van der Waals surface area contributed by atoms with Crippen molar-refractivity contribution in [1.29, 1.82) is 0 Å². The third-order valence-corrected chi connectivity index (χ3v) is 3.15. The molecule has 1 aliphatic rings. The van der Waals surface area contributed by atoms with Gasteiger partial charge in [-0.2, -0.15) is 0 Å². The van der Waals surface area contributed by atoms with Crippen LogP contribution in [0.15, 0.2) is 21.5 Å². The summed E-state index contributed by atoms with van der Waals surface area (Å²) in [5, 5.41) is 7.05. The smallest absolute Gasteiger partial charge is 0.429 e. The second-order valence-electron chi connectivity index (χ2n) is 5.85. The molecule has 0 heterocycles. The zero-order chi connectivity index (χ0) is 19.0. The highest BCUT2D eigenvalue weighted by molar-refractivity contribution is 5.79. The van der Waals surface area contributed by atoms with E-state index in [0.717, 1.165) is 0 Å². The second-order valence-corrected chi connectivity index (χ2v) is 5.85. The maximum atomic E-state index is 11.7. The van der Waals surface area contributed by atoms with Crippen molar-refractivity contribution < 1.29 is 28.7 Å². The lowest BCUT2D eigenvalue weighted by Gasteiger charge is -2.29. The molecule has 8 nitrogen and oxygen atoms in total. The van der Waals surface area contributed by atoms with Crippen LogP contribution in [0.5, 0.6) is 0 Å². The Bertz CT molecular complexity index is 649. The maximum absolute atomic E-state index is 11.7. The van der Waals surface area contributed by atoms with E-state index in [-0.39, 0.29) is 6.42 Å². The molecule has 0 spiro atoms. The van der Waals surface area contributed by atoms with Gasteiger partial charge in [-0.05, 0) is 40.2 Å². The van der Waals surface area contributed by atoms with Gasteiger partial charge in [0.05, 0.1) is 11.4 Å². The van der Waals surface area contributed by atoms with Crippen LogP contribution in [0.3, 0.4) is 0 Å². The van der Waals surface area contributed by atoms with E-state index in [1.54, 1.807) is 34.6 Å². The van der Waals surface area contributed by atoms with Gasteiger partial charge in [-0.3, -0.25) is 9.68 Å². The van der Waals surface area contributed by atoms with Gasteiger partial charge in [-0.25, -0.2) is 9.59 Å². The molecule has 0 saturated carbocycles. The Hall–Kier alpha value is -2.82. The second kappa shape index (κ2) is 9.47. The van der Waals surface area contributed by atoms with Gasteiger partial charge in [0.1, 0.15) is 12.2 Å². The molecule has 0 saturated heterocycles. The number of nitrogens with zero attached hydrogens (tertiary/aromatic N) is 2. The lowest BCUT2D eigenvalue weighted by Crippen LogP contribution is -2.33. The number of terminal acetylenes is 1. The first-order valence-electron chi connectivity index (χ1n) is 7.66. The molecule has 8 heteroatoms. The first-order valence-corrected chi connectivity index (χ1v) is 7.66. The van der Waals surface area contributed by atoms with E-state index in [9.17, 15) is 9.59 Å². The van der Waals surface area contributed by atoms with Gasteiger partial charge < -0.3 is 9.47 Å². The molecule has 0 radical (unpaired) electrons. The van der Waals surface area contributed by atoms with Crippen LogP contribution in [0.2, 0.25) is 0 Å². The summed E-state index contributed by atoms with van der Waals surface area (Å²) in [6.45, 7) is 8.44. The van der Waals surface area contributed by atoms with Crippen molar-refractivity contribution in [2.45, 2.75) is 59.7 Å². The molecule has 136 valence electrons. The summed E-state index contributed by atoms with van der Waals surface area (Å²) in [7, 11) is 0. The van der Waals surface area contributed by atoms with Gasteiger partial charge >= 0.3 is 12.3 Å². The molecular weight excluding hydrogens is 328 g/mol. The standard InChI is InChI=1S/C17H22N2O6/c1-7-13-8-14(22-16(20)24-18-10(2)3)9-15(12(13)6)23-17(21)25-19-11(4)5/h1,14-15H,8-9H2,2-6H3/t14-,15-/m1/s1. The number of carbonyl (C=O) groups is 2. The Morgan fingerprint density at radius 2 is 1.56 bits per heavy atom. The highest BCUT2D eigenvalue weighted by atomic mass is 16.8. The molecule has 0 amide bonds. The average molecular weight is 350 g/mol. The number of hydrogen-bond donors (Lipinski definition) is 0. The molecule has 0 unspecified atom stereocenters. The minimum absolute atomic E-state index is 0.227. The molecule has 1 aliphatic carbocycles. The molecule has 25 heavy (non-hydrogen) atoms. The average Bonchev–Trinajstić information content (AvgIpc) is 2.53. The summed E-state index contributed by atoms with van der Waals surface area (Å²) < 4.78 is 10.4. The van der Waals surface area contributed by atoms with Gasteiger partial charge in [0.2, 0.25) is 0 Å². The van der Waals surface area contributed by atoms with E-state index in [1.807, 2.05) is 0 Å². The van der Waals surface area contributed by atoms with Crippen LogP contribution in [0.25, 0.3) is 0 Å². The fourth-order valence-electron chi connectivity index (χ4n) is 2.03. The Balaban J connectivity index is 2.76. The van der Waals surface area contributed by atoms with E-state index < -0.39 is 24.5 Å². The van der Waals surface area contributed by atoms with Crippen molar-refractivity contribution in [3.63, 3.8) is 0 Å². The first-order chi connectivity index (χ1) is 11.7. The number of oxime groups is 2. The van der Waals surface area contributed by atoms with E-state index in [1.165, 1.54) is 0 Å². The summed E-state index contributed by atoms with van der Waals surface area (Å²) in [6, 6.07) is 0. The molecule has 0 bridgehead atoms. The number of ether oxygens (including phenoxy) is 2. The van der Waals surface area contributed by atoms with Crippen molar-refractivity contribution in [3.05, 3.63) is 11.1 Å². The summed E-state index contributed by atoms with van der Waals surface area (Å²) in [4.78, 5) is 32.5. The van der Waals surface area contributed by atoms with Crippen LogP contribution in [0, 0.1) is 12.3 Å². The van der Waals surface area contributed by atoms with Crippen molar-refractivity contribution in [2.24, 2.45) is 10.3 Å². The SMILES string of the molecule is C#CC1=C(C)[C@H](OC(=O)ON=C(C)C)C[C@H](OC(=O)ON=C(C)C)C1. The summed E-state index contributed by atoms with van der Waals surface area (Å²) in [5.74, 6) is 2.52. The summed E-state index contributed by atoms with van der Waals surface area (Å²) >= 11 is 0. The maximum Gasteiger partial charge on any atom is 0.535 e. The van der Waals surface area contributed by atoms with Crippen LogP contribution in [0.1, 0.15) is 47.5 Å². The van der Waals surface area contributed by atoms with Gasteiger partial charge in [0.15, 0.2) is 0 Å². The van der Waals surface area contributed by atoms with Crippen molar-refractivity contribution in [3.8, 4) is 12.3 Å². The number of hydrogen-bond acceptors (Lipinski definition) is 8. The zero-order valence-corrected chi connectivity index (χ0v) is 15.0. The van der Waals surface area contributed by atoms with Gasteiger partial charge in [-0.1, -0.05) is 16.2 Å². The van der Waals surface area contributed by atoms with E-state index in [2.05, 4.69) is 25.9 Å². The Morgan fingerprint density at radius 3 is 2.04 bits per heavy atom. The van der Waals surface area contributed by atoms with E-state index in [0.29, 0.717) is 29.0 Å². The largest absolute Gasteiger partial charge is 0.535 e. The van der Waals surface area contributed by atoms with Crippen molar-refractivity contribution >= 4 is 23.7 Å².